The molecule has 1 aromatic heterocycles. The molecule has 0 saturated heterocycles. The van der Waals surface area contributed by atoms with Crippen molar-refractivity contribution in [2.75, 3.05) is 12.0 Å². The first-order chi connectivity index (χ1) is 16.4. The van der Waals surface area contributed by atoms with Gasteiger partial charge in [0.1, 0.15) is 11.3 Å². The van der Waals surface area contributed by atoms with Crippen molar-refractivity contribution in [3.8, 4) is 5.75 Å². The standard InChI is InChI=1S/C28H23NO5/c1-16-8-9-17(2)21(14-16)29-25(18-10-12-20(33-3)13-11-18)24(27(31)28(29)32)26(30)23-15-19-6-4-5-7-22(19)34-23/h4-15,25,31H,1-3H3. The Morgan fingerprint density at radius 1 is 1.00 bits per heavy atom. The highest BCUT2D eigenvalue weighted by Crippen LogP contribution is 2.43. The van der Waals surface area contributed by atoms with Gasteiger partial charge in [-0.25, -0.2) is 0 Å². The smallest absolute Gasteiger partial charge is 0.294 e. The lowest BCUT2D eigenvalue weighted by Gasteiger charge is -2.28. The number of fused-ring (bicyclic) bond motifs is 1. The molecule has 0 fully saturated rings. The topological polar surface area (TPSA) is 80.0 Å². The predicted molar refractivity (Wildman–Crippen MR) is 129 cm³/mol. The Bertz CT molecular complexity index is 1430. The second kappa shape index (κ2) is 8.23. The summed E-state index contributed by atoms with van der Waals surface area (Å²) in [5, 5.41) is 11.8. The molecule has 1 amide bonds. The van der Waals surface area contributed by atoms with Crippen LogP contribution in [0.5, 0.6) is 5.75 Å². The van der Waals surface area contributed by atoms with Gasteiger partial charge in [-0.1, -0.05) is 42.5 Å². The average molecular weight is 453 g/mol. The quantitative estimate of drug-likeness (QED) is 0.384. The van der Waals surface area contributed by atoms with Crippen molar-refractivity contribution in [2.24, 2.45) is 0 Å². The molecule has 170 valence electrons. The van der Waals surface area contributed by atoms with Gasteiger partial charge in [-0.2, -0.15) is 0 Å². The van der Waals surface area contributed by atoms with Gasteiger partial charge in [0.2, 0.25) is 5.78 Å². The number of para-hydroxylation sites is 1. The van der Waals surface area contributed by atoms with Crippen LogP contribution < -0.4 is 9.64 Å². The summed E-state index contributed by atoms with van der Waals surface area (Å²) in [6, 6.07) is 20.9. The third-order valence-corrected chi connectivity index (χ3v) is 6.16. The van der Waals surface area contributed by atoms with Crippen LogP contribution in [0, 0.1) is 13.8 Å². The monoisotopic (exact) mass is 453 g/mol. The van der Waals surface area contributed by atoms with Crippen LogP contribution in [0.3, 0.4) is 0 Å². The van der Waals surface area contributed by atoms with Gasteiger partial charge >= 0.3 is 0 Å². The van der Waals surface area contributed by atoms with E-state index in [-0.39, 0.29) is 11.3 Å². The van der Waals surface area contributed by atoms with Crippen molar-refractivity contribution >= 4 is 28.3 Å². The van der Waals surface area contributed by atoms with E-state index in [1.54, 1.807) is 43.5 Å². The number of methoxy groups -OCH3 is 1. The van der Waals surface area contributed by atoms with E-state index in [9.17, 15) is 14.7 Å². The molecule has 0 aliphatic carbocycles. The zero-order valence-electron chi connectivity index (χ0n) is 19.0. The Balaban J connectivity index is 1.68. The molecule has 1 atom stereocenters. The molecule has 2 heterocycles. The highest BCUT2D eigenvalue weighted by Gasteiger charge is 2.45. The number of hydrogen-bond donors (Lipinski definition) is 1. The summed E-state index contributed by atoms with van der Waals surface area (Å²) in [6.45, 7) is 3.82. The molecule has 0 saturated carbocycles. The number of hydrogen-bond acceptors (Lipinski definition) is 5. The van der Waals surface area contributed by atoms with E-state index in [1.165, 1.54) is 4.90 Å². The number of aryl methyl sites for hydroxylation is 2. The van der Waals surface area contributed by atoms with Crippen LogP contribution in [0.25, 0.3) is 11.0 Å². The van der Waals surface area contributed by atoms with Gasteiger partial charge in [0, 0.05) is 11.1 Å². The van der Waals surface area contributed by atoms with Gasteiger partial charge in [0.05, 0.1) is 18.7 Å². The van der Waals surface area contributed by atoms with Gasteiger partial charge in [-0.3, -0.25) is 14.5 Å². The van der Waals surface area contributed by atoms with E-state index in [0.717, 1.165) is 16.5 Å². The van der Waals surface area contributed by atoms with Gasteiger partial charge in [-0.05, 0) is 60.9 Å². The SMILES string of the molecule is COc1ccc(C2C(C(=O)c3cc4ccccc4o3)=C(O)C(=O)N2c2cc(C)ccc2C)cc1. The highest BCUT2D eigenvalue weighted by atomic mass is 16.5. The fourth-order valence-electron chi connectivity index (χ4n) is 4.39. The molecule has 1 unspecified atom stereocenters. The molecule has 1 aliphatic rings. The van der Waals surface area contributed by atoms with Crippen molar-refractivity contribution in [3.63, 3.8) is 0 Å². The maximum absolute atomic E-state index is 13.7. The van der Waals surface area contributed by atoms with E-state index in [4.69, 9.17) is 9.15 Å². The number of nitrogens with zero attached hydrogens (tertiary/aromatic N) is 1. The molecule has 6 heteroatoms. The number of rotatable bonds is 5. The Labute approximate surface area is 196 Å². The van der Waals surface area contributed by atoms with Crippen molar-refractivity contribution in [1.82, 2.24) is 0 Å². The lowest BCUT2D eigenvalue weighted by atomic mass is 9.94. The lowest BCUT2D eigenvalue weighted by molar-refractivity contribution is -0.117. The molecule has 0 bridgehead atoms. The van der Waals surface area contributed by atoms with Crippen LogP contribution in [0.4, 0.5) is 5.69 Å². The number of benzene rings is 3. The van der Waals surface area contributed by atoms with Crippen LogP contribution in [-0.2, 0) is 4.79 Å². The number of furan rings is 1. The van der Waals surface area contributed by atoms with Crippen LogP contribution in [0.2, 0.25) is 0 Å². The number of anilines is 1. The van der Waals surface area contributed by atoms with Crippen LogP contribution in [0.15, 0.2) is 88.5 Å². The molecular formula is C28H23NO5. The van der Waals surface area contributed by atoms with E-state index < -0.39 is 23.5 Å². The average Bonchev–Trinajstić information content (AvgIpc) is 3.39. The predicted octanol–water partition coefficient (Wildman–Crippen LogP) is 5.84. The van der Waals surface area contributed by atoms with E-state index in [2.05, 4.69) is 0 Å². The number of amides is 1. The summed E-state index contributed by atoms with van der Waals surface area (Å²) < 4.78 is 11.1. The van der Waals surface area contributed by atoms with Crippen LogP contribution in [0.1, 0.15) is 33.3 Å². The maximum Gasteiger partial charge on any atom is 0.294 e. The van der Waals surface area contributed by atoms with Gasteiger partial charge < -0.3 is 14.3 Å². The number of carbonyl (C=O) groups excluding carboxylic acids is 2. The summed E-state index contributed by atoms with van der Waals surface area (Å²) >= 11 is 0. The summed E-state index contributed by atoms with van der Waals surface area (Å²) in [7, 11) is 1.57. The number of ketones is 1. The van der Waals surface area contributed by atoms with Gasteiger partial charge in [0.25, 0.3) is 5.91 Å². The summed E-state index contributed by atoms with van der Waals surface area (Å²) in [5.41, 5.74) is 3.64. The molecule has 4 aromatic rings. The third kappa shape index (κ3) is 3.44. The molecule has 34 heavy (non-hydrogen) atoms. The van der Waals surface area contributed by atoms with E-state index >= 15 is 0 Å². The largest absolute Gasteiger partial charge is 0.503 e. The molecule has 3 aromatic carbocycles. The highest BCUT2D eigenvalue weighted by molar-refractivity contribution is 6.20. The second-order valence-corrected chi connectivity index (χ2v) is 8.38. The molecule has 1 N–H and O–H groups in total. The molecule has 0 spiro atoms. The number of aliphatic hydroxyl groups is 1. The van der Waals surface area contributed by atoms with Gasteiger partial charge in [0.15, 0.2) is 11.5 Å². The summed E-state index contributed by atoms with van der Waals surface area (Å²) in [6.07, 6.45) is 0. The van der Waals surface area contributed by atoms with Crippen LogP contribution in [-0.4, -0.2) is 23.9 Å². The minimum Gasteiger partial charge on any atom is -0.503 e. The summed E-state index contributed by atoms with van der Waals surface area (Å²) in [4.78, 5) is 28.6. The minimum atomic E-state index is -0.834. The number of aliphatic hydroxyl groups excluding tert-OH is 1. The van der Waals surface area contributed by atoms with E-state index in [1.807, 2.05) is 50.2 Å². The number of carbonyl (C=O) groups is 2. The molecule has 5 rings (SSSR count). The second-order valence-electron chi connectivity index (χ2n) is 8.38. The zero-order chi connectivity index (χ0) is 24.0. The fourth-order valence-corrected chi connectivity index (χ4v) is 4.39. The van der Waals surface area contributed by atoms with Crippen molar-refractivity contribution < 1.29 is 23.8 Å². The Morgan fingerprint density at radius 3 is 2.44 bits per heavy atom. The normalized spacial score (nSPS) is 15.9. The molecule has 0 radical (unpaired) electrons. The molecular weight excluding hydrogens is 430 g/mol. The van der Waals surface area contributed by atoms with Crippen molar-refractivity contribution in [1.29, 1.82) is 0 Å². The van der Waals surface area contributed by atoms with Crippen molar-refractivity contribution in [2.45, 2.75) is 19.9 Å². The number of Topliss-reactive ketones (excluding diaryl/α,β-unsaturated/α-hetero) is 1. The Hall–Kier alpha value is -4.32. The summed E-state index contributed by atoms with van der Waals surface area (Å²) in [5.74, 6) is -1.03. The van der Waals surface area contributed by atoms with E-state index in [0.29, 0.717) is 22.6 Å². The molecule has 6 nitrogen and oxygen atoms in total. The zero-order valence-corrected chi connectivity index (χ0v) is 19.0. The Kier molecular flexibility index (Phi) is 5.21. The first kappa shape index (κ1) is 21.5. The minimum absolute atomic E-state index is 0.0184. The third-order valence-electron chi connectivity index (χ3n) is 6.16. The lowest BCUT2D eigenvalue weighted by Crippen LogP contribution is -2.31. The van der Waals surface area contributed by atoms with Gasteiger partial charge in [-0.15, -0.1) is 0 Å². The van der Waals surface area contributed by atoms with Crippen molar-refractivity contribution in [3.05, 3.63) is 107 Å². The first-order valence-electron chi connectivity index (χ1n) is 10.9. The number of ether oxygens (including phenoxy) is 1. The first-order valence-corrected chi connectivity index (χ1v) is 10.9. The fraction of sp³-hybridized carbons (Fsp3) is 0.143. The Morgan fingerprint density at radius 2 is 1.74 bits per heavy atom. The molecule has 1 aliphatic heterocycles. The maximum atomic E-state index is 13.7. The van der Waals surface area contributed by atoms with Crippen LogP contribution >= 0.6 is 0 Å².